The number of hydrogen-bond donors (Lipinski definition) is 0. The summed E-state index contributed by atoms with van der Waals surface area (Å²) in [6, 6.07) is 16.6. The van der Waals surface area contributed by atoms with E-state index in [0.717, 1.165) is 38.8 Å². The Morgan fingerprint density at radius 2 is 1.81 bits per heavy atom. The largest absolute Gasteiger partial charge is 0.493 e. The van der Waals surface area contributed by atoms with Gasteiger partial charge in [0, 0.05) is 47.5 Å². The number of benzene rings is 2. The van der Waals surface area contributed by atoms with Crippen molar-refractivity contribution in [1.82, 2.24) is 19.2 Å². The molecule has 0 saturated heterocycles. The van der Waals surface area contributed by atoms with Gasteiger partial charge in [-0.1, -0.05) is 6.07 Å². The highest BCUT2D eigenvalue weighted by atomic mass is 32.2. The molecule has 3 aromatic heterocycles. The van der Waals surface area contributed by atoms with E-state index in [1.54, 1.807) is 26.0 Å². The van der Waals surface area contributed by atoms with Gasteiger partial charge in [-0.3, -0.25) is 0 Å². The summed E-state index contributed by atoms with van der Waals surface area (Å²) in [4.78, 5) is 5.54. The number of thioether (sulfide) groups is 1. The zero-order valence-corrected chi connectivity index (χ0v) is 18.6. The van der Waals surface area contributed by atoms with Crippen LogP contribution in [0.2, 0.25) is 0 Å². The van der Waals surface area contributed by atoms with E-state index < -0.39 is 0 Å². The quantitative estimate of drug-likeness (QED) is 0.355. The molecule has 5 aromatic rings. The molecule has 0 saturated carbocycles. The van der Waals surface area contributed by atoms with Crippen LogP contribution in [0, 0.1) is 0 Å². The van der Waals surface area contributed by atoms with E-state index in [9.17, 15) is 0 Å². The van der Waals surface area contributed by atoms with Crippen LogP contribution in [0.15, 0.2) is 65.8 Å². The molecule has 0 aliphatic heterocycles. The minimum Gasteiger partial charge on any atom is -0.493 e. The fourth-order valence-electron chi connectivity index (χ4n) is 3.92. The summed E-state index contributed by atoms with van der Waals surface area (Å²) in [7, 11) is 5.36. The summed E-state index contributed by atoms with van der Waals surface area (Å²) in [6.45, 7) is 0. The molecule has 0 aliphatic carbocycles. The van der Waals surface area contributed by atoms with Crippen molar-refractivity contribution in [2.24, 2.45) is 7.05 Å². The number of fused-ring (bicyclic) bond motifs is 2. The van der Waals surface area contributed by atoms with Crippen LogP contribution in [0.5, 0.6) is 11.5 Å². The summed E-state index contributed by atoms with van der Waals surface area (Å²) in [6.07, 6.45) is 5.90. The van der Waals surface area contributed by atoms with Gasteiger partial charge in [-0.25, -0.2) is 9.50 Å². The van der Waals surface area contributed by atoms with Crippen LogP contribution in [0.25, 0.3) is 39.1 Å². The molecule has 0 fully saturated rings. The van der Waals surface area contributed by atoms with Crippen LogP contribution in [0.1, 0.15) is 0 Å². The van der Waals surface area contributed by atoms with E-state index in [1.165, 1.54) is 10.9 Å². The van der Waals surface area contributed by atoms with Crippen molar-refractivity contribution >= 4 is 28.3 Å². The molecule has 5 rings (SSSR count). The van der Waals surface area contributed by atoms with Crippen LogP contribution in [0.4, 0.5) is 0 Å². The second kappa shape index (κ2) is 7.67. The Kier molecular flexibility index (Phi) is 4.82. The highest BCUT2D eigenvalue weighted by Crippen LogP contribution is 2.40. The highest BCUT2D eigenvalue weighted by Gasteiger charge is 2.16. The Hall–Kier alpha value is -3.45. The van der Waals surface area contributed by atoms with Gasteiger partial charge >= 0.3 is 0 Å². The number of hydrogen-bond acceptors (Lipinski definition) is 5. The van der Waals surface area contributed by atoms with Gasteiger partial charge in [-0.2, -0.15) is 5.10 Å². The Balaban J connectivity index is 1.66. The maximum atomic E-state index is 5.58. The fourth-order valence-corrected chi connectivity index (χ4v) is 4.54. The highest BCUT2D eigenvalue weighted by molar-refractivity contribution is 7.98. The van der Waals surface area contributed by atoms with Crippen molar-refractivity contribution in [3.63, 3.8) is 0 Å². The molecule has 31 heavy (non-hydrogen) atoms. The minimum absolute atomic E-state index is 0.691. The minimum atomic E-state index is 0.691. The molecule has 0 unspecified atom stereocenters. The van der Waals surface area contributed by atoms with Gasteiger partial charge in [0.15, 0.2) is 17.1 Å². The van der Waals surface area contributed by atoms with Crippen LogP contribution in [-0.4, -0.2) is 39.6 Å². The molecule has 0 atom stereocenters. The lowest BCUT2D eigenvalue weighted by molar-refractivity contribution is 0.348. The monoisotopic (exact) mass is 430 g/mol. The molecule has 7 heteroatoms. The third-order valence-corrected chi connectivity index (χ3v) is 6.24. The van der Waals surface area contributed by atoms with Crippen molar-refractivity contribution in [3.05, 3.63) is 60.9 Å². The average Bonchev–Trinajstić information content (AvgIpc) is 3.41. The smallest absolute Gasteiger partial charge is 0.174 e. The number of aryl methyl sites for hydroxylation is 1. The van der Waals surface area contributed by atoms with Crippen molar-refractivity contribution in [2.45, 2.75) is 4.90 Å². The SMILES string of the molecule is COc1cc(-c2ccnc3cc(-c4ccc5c(ccn5C)c4)nn23)cc(SC)c1OC. The molecule has 0 aliphatic rings. The Morgan fingerprint density at radius 3 is 2.58 bits per heavy atom. The predicted octanol–water partition coefficient (Wildman–Crippen LogP) is 5.29. The van der Waals surface area contributed by atoms with Gasteiger partial charge < -0.3 is 14.0 Å². The summed E-state index contributed by atoms with van der Waals surface area (Å²) < 4.78 is 15.1. The van der Waals surface area contributed by atoms with Crippen LogP contribution in [0.3, 0.4) is 0 Å². The van der Waals surface area contributed by atoms with Crippen LogP contribution < -0.4 is 9.47 Å². The van der Waals surface area contributed by atoms with Crippen molar-refractivity contribution < 1.29 is 9.47 Å². The Labute approximate surface area is 184 Å². The Bertz CT molecular complexity index is 1400. The first-order chi connectivity index (χ1) is 15.1. The number of aromatic nitrogens is 4. The summed E-state index contributed by atoms with van der Waals surface area (Å²) in [5, 5.41) is 6.08. The zero-order chi connectivity index (χ0) is 21.5. The molecule has 0 bridgehead atoms. The molecule has 3 heterocycles. The summed E-state index contributed by atoms with van der Waals surface area (Å²) >= 11 is 1.62. The lowest BCUT2D eigenvalue weighted by atomic mass is 10.1. The van der Waals surface area contributed by atoms with Gasteiger partial charge in [0.25, 0.3) is 0 Å². The first-order valence-electron chi connectivity index (χ1n) is 9.83. The third kappa shape index (κ3) is 3.21. The lowest BCUT2D eigenvalue weighted by Crippen LogP contribution is -1.98. The predicted molar refractivity (Wildman–Crippen MR) is 125 cm³/mol. The fraction of sp³-hybridized carbons (Fsp3) is 0.167. The van der Waals surface area contributed by atoms with Gasteiger partial charge in [0.05, 0.1) is 30.5 Å². The van der Waals surface area contributed by atoms with E-state index >= 15 is 0 Å². The molecule has 2 aromatic carbocycles. The average molecular weight is 431 g/mol. The van der Waals surface area contributed by atoms with E-state index in [-0.39, 0.29) is 0 Å². The molecular formula is C24H22N4O2S. The molecule has 0 spiro atoms. The first-order valence-corrected chi connectivity index (χ1v) is 11.1. The molecule has 0 amide bonds. The first kappa shape index (κ1) is 19.5. The summed E-state index contributed by atoms with van der Waals surface area (Å²) in [5.74, 6) is 1.43. The topological polar surface area (TPSA) is 53.6 Å². The number of nitrogens with zero attached hydrogens (tertiary/aromatic N) is 4. The lowest BCUT2D eigenvalue weighted by Gasteiger charge is -2.14. The number of ether oxygens (including phenoxy) is 2. The standard InChI is InChI=1S/C24H22N4O2S/c1-27-10-8-16-11-15(5-6-19(16)27)18-14-23-25-9-7-20(28(23)26-18)17-12-21(29-2)24(30-3)22(13-17)31-4/h5-14H,1-4H3. The van der Waals surface area contributed by atoms with Gasteiger partial charge in [0.2, 0.25) is 0 Å². The summed E-state index contributed by atoms with van der Waals surface area (Å²) in [5.41, 5.74) is 5.86. The maximum absolute atomic E-state index is 5.58. The van der Waals surface area contributed by atoms with Gasteiger partial charge in [-0.15, -0.1) is 11.8 Å². The van der Waals surface area contributed by atoms with Crippen LogP contribution >= 0.6 is 11.8 Å². The molecular weight excluding hydrogens is 408 g/mol. The van der Waals surface area contributed by atoms with E-state index in [1.807, 2.05) is 35.2 Å². The van der Waals surface area contributed by atoms with E-state index in [4.69, 9.17) is 14.6 Å². The van der Waals surface area contributed by atoms with Gasteiger partial charge in [-0.05, 0) is 42.7 Å². The Morgan fingerprint density at radius 1 is 0.935 bits per heavy atom. The zero-order valence-electron chi connectivity index (χ0n) is 17.8. The second-order valence-corrected chi connectivity index (χ2v) is 8.09. The van der Waals surface area contributed by atoms with Crippen LogP contribution in [-0.2, 0) is 7.05 Å². The molecule has 6 nitrogen and oxygen atoms in total. The van der Waals surface area contributed by atoms with Crippen molar-refractivity contribution in [2.75, 3.05) is 20.5 Å². The molecule has 0 radical (unpaired) electrons. The van der Waals surface area contributed by atoms with Crippen molar-refractivity contribution in [1.29, 1.82) is 0 Å². The van der Waals surface area contributed by atoms with Gasteiger partial charge in [0.1, 0.15) is 0 Å². The number of methoxy groups -OCH3 is 2. The normalized spacial score (nSPS) is 11.4. The van der Waals surface area contributed by atoms with E-state index in [0.29, 0.717) is 5.75 Å². The van der Waals surface area contributed by atoms with E-state index in [2.05, 4.69) is 53.1 Å². The maximum Gasteiger partial charge on any atom is 0.174 e. The molecule has 0 N–H and O–H groups in total. The third-order valence-electron chi connectivity index (χ3n) is 5.50. The molecule has 156 valence electrons. The second-order valence-electron chi connectivity index (χ2n) is 7.24. The van der Waals surface area contributed by atoms with Crippen molar-refractivity contribution in [3.8, 4) is 34.0 Å². The number of rotatable bonds is 5.